The average Bonchev–Trinajstić information content (AvgIpc) is 2.30. The molecule has 2 aromatic carbocycles. The average molecular weight is 211 g/mol. The van der Waals surface area contributed by atoms with Crippen LogP contribution in [0.15, 0.2) is 48.5 Å². The van der Waals surface area contributed by atoms with E-state index in [9.17, 15) is 4.79 Å². The van der Waals surface area contributed by atoms with Crippen LogP contribution < -0.4 is 5.73 Å². The van der Waals surface area contributed by atoms with Crippen molar-refractivity contribution in [1.29, 1.82) is 0 Å². The summed E-state index contributed by atoms with van der Waals surface area (Å²) in [6, 6.07) is 15.2. The number of nitrogens with two attached hydrogens (primary N) is 1. The topological polar surface area (TPSA) is 43.1 Å². The standard InChI is InChI=1S/C14H13NO/c1-10(16)11-5-4-6-12(9-11)13-7-2-3-8-14(13)15/h2-9H,15H2,1H3. The van der Waals surface area contributed by atoms with E-state index >= 15 is 0 Å². The molecule has 0 spiro atoms. The van der Waals surface area contributed by atoms with E-state index in [1.807, 2.05) is 48.5 Å². The van der Waals surface area contributed by atoms with Crippen LogP contribution in [0.25, 0.3) is 11.1 Å². The van der Waals surface area contributed by atoms with Gasteiger partial charge in [-0.05, 0) is 24.6 Å². The van der Waals surface area contributed by atoms with Crippen molar-refractivity contribution in [3.8, 4) is 11.1 Å². The van der Waals surface area contributed by atoms with Crippen molar-refractivity contribution in [2.24, 2.45) is 0 Å². The van der Waals surface area contributed by atoms with Crippen LogP contribution in [-0.2, 0) is 0 Å². The van der Waals surface area contributed by atoms with Crippen molar-refractivity contribution in [3.05, 3.63) is 54.1 Å². The molecule has 0 fully saturated rings. The third-order valence-electron chi connectivity index (χ3n) is 2.54. The first-order chi connectivity index (χ1) is 7.68. The Hall–Kier alpha value is -2.09. The number of Topliss-reactive ketones (excluding diaryl/α,β-unsaturated/α-hetero) is 1. The highest BCUT2D eigenvalue weighted by atomic mass is 16.1. The van der Waals surface area contributed by atoms with Gasteiger partial charge in [0.05, 0.1) is 0 Å². The molecule has 0 saturated carbocycles. The lowest BCUT2D eigenvalue weighted by atomic mass is 10.0. The van der Waals surface area contributed by atoms with Crippen molar-refractivity contribution in [2.75, 3.05) is 5.73 Å². The highest BCUT2D eigenvalue weighted by Crippen LogP contribution is 2.26. The van der Waals surface area contributed by atoms with Crippen LogP contribution in [0.5, 0.6) is 0 Å². The van der Waals surface area contributed by atoms with E-state index in [2.05, 4.69) is 0 Å². The summed E-state index contributed by atoms with van der Waals surface area (Å²) in [5.41, 5.74) is 9.27. The van der Waals surface area contributed by atoms with Gasteiger partial charge in [0.2, 0.25) is 0 Å². The Balaban J connectivity index is 2.53. The first-order valence-electron chi connectivity index (χ1n) is 5.14. The van der Waals surface area contributed by atoms with E-state index in [1.165, 1.54) is 0 Å². The second kappa shape index (κ2) is 4.19. The molecule has 0 bridgehead atoms. The lowest BCUT2D eigenvalue weighted by Crippen LogP contribution is -1.93. The zero-order chi connectivity index (χ0) is 11.5. The van der Waals surface area contributed by atoms with Crippen LogP contribution in [0.1, 0.15) is 17.3 Å². The van der Waals surface area contributed by atoms with Crippen LogP contribution in [0.3, 0.4) is 0 Å². The number of hydrogen-bond donors (Lipinski definition) is 1. The molecular weight excluding hydrogens is 198 g/mol. The minimum atomic E-state index is 0.0661. The number of rotatable bonds is 2. The number of anilines is 1. The zero-order valence-electron chi connectivity index (χ0n) is 9.10. The van der Waals surface area contributed by atoms with Crippen molar-refractivity contribution in [2.45, 2.75) is 6.92 Å². The maximum absolute atomic E-state index is 11.3. The molecular formula is C14H13NO. The molecule has 0 aromatic heterocycles. The molecule has 2 N–H and O–H groups in total. The second-order valence-corrected chi connectivity index (χ2v) is 3.72. The summed E-state index contributed by atoms with van der Waals surface area (Å²) in [6.07, 6.45) is 0. The lowest BCUT2D eigenvalue weighted by molar-refractivity contribution is 0.101. The fourth-order valence-electron chi connectivity index (χ4n) is 1.67. The van der Waals surface area contributed by atoms with Gasteiger partial charge < -0.3 is 5.73 Å². The van der Waals surface area contributed by atoms with Crippen LogP contribution in [0, 0.1) is 0 Å². The van der Waals surface area contributed by atoms with E-state index in [0.717, 1.165) is 16.8 Å². The van der Waals surface area contributed by atoms with Gasteiger partial charge in [-0.2, -0.15) is 0 Å². The summed E-state index contributed by atoms with van der Waals surface area (Å²) in [4.78, 5) is 11.3. The smallest absolute Gasteiger partial charge is 0.159 e. The maximum atomic E-state index is 11.3. The van der Waals surface area contributed by atoms with E-state index in [0.29, 0.717) is 5.56 Å². The van der Waals surface area contributed by atoms with Crippen LogP contribution in [0.2, 0.25) is 0 Å². The van der Waals surface area contributed by atoms with Gasteiger partial charge in [-0.3, -0.25) is 4.79 Å². The molecule has 2 heteroatoms. The van der Waals surface area contributed by atoms with Crippen LogP contribution in [0.4, 0.5) is 5.69 Å². The van der Waals surface area contributed by atoms with Gasteiger partial charge in [0, 0.05) is 16.8 Å². The number of nitrogen functional groups attached to an aromatic ring is 1. The van der Waals surface area contributed by atoms with Crippen molar-refractivity contribution in [3.63, 3.8) is 0 Å². The van der Waals surface area contributed by atoms with Gasteiger partial charge in [0.1, 0.15) is 0 Å². The van der Waals surface area contributed by atoms with Gasteiger partial charge in [-0.1, -0.05) is 36.4 Å². The third kappa shape index (κ3) is 1.96. The van der Waals surface area contributed by atoms with Crippen LogP contribution >= 0.6 is 0 Å². The predicted octanol–water partition coefficient (Wildman–Crippen LogP) is 3.14. The maximum Gasteiger partial charge on any atom is 0.159 e. The minimum Gasteiger partial charge on any atom is -0.398 e. The normalized spacial score (nSPS) is 10.1. The van der Waals surface area contributed by atoms with Gasteiger partial charge >= 0.3 is 0 Å². The monoisotopic (exact) mass is 211 g/mol. The minimum absolute atomic E-state index is 0.0661. The Kier molecular flexibility index (Phi) is 2.73. The van der Waals surface area contributed by atoms with Crippen molar-refractivity contribution in [1.82, 2.24) is 0 Å². The molecule has 0 aliphatic rings. The molecule has 0 unspecified atom stereocenters. The molecule has 2 aromatic rings. The van der Waals surface area contributed by atoms with Crippen molar-refractivity contribution < 1.29 is 4.79 Å². The van der Waals surface area contributed by atoms with E-state index < -0.39 is 0 Å². The number of hydrogen-bond acceptors (Lipinski definition) is 2. The summed E-state index contributed by atoms with van der Waals surface area (Å²) >= 11 is 0. The highest BCUT2D eigenvalue weighted by Gasteiger charge is 2.04. The Labute approximate surface area is 94.7 Å². The largest absolute Gasteiger partial charge is 0.398 e. The molecule has 16 heavy (non-hydrogen) atoms. The van der Waals surface area contributed by atoms with Gasteiger partial charge in [0.25, 0.3) is 0 Å². The van der Waals surface area contributed by atoms with Gasteiger partial charge in [-0.25, -0.2) is 0 Å². The second-order valence-electron chi connectivity index (χ2n) is 3.72. The molecule has 2 nitrogen and oxygen atoms in total. The fraction of sp³-hybridized carbons (Fsp3) is 0.0714. The van der Waals surface area contributed by atoms with Crippen molar-refractivity contribution >= 4 is 11.5 Å². The zero-order valence-corrected chi connectivity index (χ0v) is 9.10. The molecule has 0 amide bonds. The summed E-state index contributed by atoms with van der Waals surface area (Å²) in [5, 5.41) is 0. The molecule has 0 aliphatic heterocycles. The first-order valence-corrected chi connectivity index (χ1v) is 5.14. The SMILES string of the molecule is CC(=O)c1cccc(-c2ccccc2N)c1. The number of carbonyl (C=O) groups is 1. The van der Waals surface area contributed by atoms with E-state index in [4.69, 9.17) is 5.73 Å². The van der Waals surface area contributed by atoms with E-state index in [1.54, 1.807) is 6.92 Å². The van der Waals surface area contributed by atoms with E-state index in [-0.39, 0.29) is 5.78 Å². The Morgan fingerprint density at radius 1 is 1.06 bits per heavy atom. The first kappa shape index (κ1) is 10.4. The Morgan fingerprint density at radius 3 is 2.50 bits per heavy atom. The molecule has 0 radical (unpaired) electrons. The molecule has 0 aliphatic carbocycles. The number of benzene rings is 2. The highest BCUT2D eigenvalue weighted by molar-refractivity contribution is 5.95. The Morgan fingerprint density at radius 2 is 1.81 bits per heavy atom. The summed E-state index contributed by atoms with van der Waals surface area (Å²) in [7, 11) is 0. The van der Waals surface area contributed by atoms with Gasteiger partial charge in [0.15, 0.2) is 5.78 Å². The summed E-state index contributed by atoms with van der Waals surface area (Å²) in [5.74, 6) is 0.0661. The number of para-hydroxylation sites is 1. The molecule has 0 heterocycles. The Bertz CT molecular complexity index is 532. The molecule has 0 atom stereocenters. The van der Waals surface area contributed by atoms with Crippen LogP contribution in [-0.4, -0.2) is 5.78 Å². The third-order valence-corrected chi connectivity index (χ3v) is 2.54. The quantitative estimate of drug-likeness (QED) is 0.612. The lowest BCUT2D eigenvalue weighted by Gasteiger charge is -2.06. The number of carbonyl (C=O) groups excluding carboxylic acids is 1. The van der Waals surface area contributed by atoms with Gasteiger partial charge in [-0.15, -0.1) is 0 Å². The molecule has 0 saturated heterocycles. The molecule has 2 rings (SSSR count). The summed E-state index contributed by atoms with van der Waals surface area (Å²) in [6.45, 7) is 1.56. The number of ketones is 1. The summed E-state index contributed by atoms with van der Waals surface area (Å²) < 4.78 is 0. The predicted molar refractivity (Wildman–Crippen MR) is 66.3 cm³/mol. The fourth-order valence-corrected chi connectivity index (χ4v) is 1.67. The molecule has 80 valence electrons.